The van der Waals surface area contributed by atoms with Crippen molar-refractivity contribution in [1.29, 1.82) is 0 Å². The van der Waals surface area contributed by atoms with Gasteiger partial charge in [-0.15, -0.1) is 0 Å². The van der Waals surface area contributed by atoms with Crippen LogP contribution in [0.3, 0.4) is 0 Å². The predicted octanol–water partition coefficient (Wildman–Crippen LogP) is 2.90. The van der Waals surface area contributed by atoms with E-state index in [2.05, 4.69) is 5.32 Å². The molecule has 0 radical (unpaired) electrons. The molecule has 0 aliphatic heterocycles. The van der Waals surface area contributed by atoms with Crippen LogP contribution in [0.5, 0.6) is 5.75 Å². The standard InChI is InChI=1S/C14H19Cl2NO3/c1-9(8-18)10(2)17-14(19)5-6-20-13-4-3-11(15)7-12(13)16/h3-4,7,9-10,18H,5-6,8H2,1-2H3,(H,17,19). The van der Waals surface area contributed by atoms with Crippen molar-refractivity contribution >= 4 is 29.1 Å². The summed E-state index contributed by atoms with van der Waals surface area (Å²) in [6, 6.07) is 4.85. The molecule has 0 saturated carbocycles. The molecular formula is C14H19Cl2NO3. The fourth-order valence-electron chi connectivity index (χ4n) is 1.47. The Hall–Kier alpha value is -0.970. The number of hydrogen-bond acceptors (Lipinski definition) is 3. The van der Waals surface area contributed by atoms with Gasteiger partial charge in [0.05, 0.1) is 18.1 Å². The molecule has 0 spiro atoms. The topological polar surface area (TPSA) is 58.6 Å². The molecule has 0 aliphatic carbocycles. The summed E-state index contributed by atoms with van der Waals surface area (Å²) in [5, 5.41) is 12.8. The van der Waals surface area contributed by atoms with Crippen molar-refractivity contribution in [2.24, 2.45) is 5.92 Å². The van der Waals surface area contributed by atoms with E-state index in [0.717, 1.165) is 0 Å². The third-order valence-electron chi connectivity index (χ3n) is 3.01. The van der Waals surface area contributed by atoms with E-state index in [-0.39, 0.29) is 37.5 Å². The number of aliphatic hydroxyl groups excluding tert-OH is 1. The molecule has 20 heavy (non-hydrogen) atoms. The summed E-state index contributed by atoms with van der Waals surface area (Å²) >= 11 is 11.7. The van der Waals surface area contributed by atoms with E-state index in [0.29, 0.717) is 15.8 Å². The smallest absolute Gasteiger partial charge is 0.223 e. The average molecular weight is 320 g/mol. The normalized spacial score (nSPS) is 13.7. The Balaban J connectivity index is 2.35. The first-order valence-corrected chi connectivity index (χ1v) is 7.17. The van der Waals surface area contributed by atoms with Gasteiger partial charge in [-0.1, -0.05) is 30.1 Å². The Morgan fingerprint density at radius 3 is 2.70 bits per heavy atom. The maximum Gasteiger partial charge on any atom is 0.223 e. The zero-order valence-corrected chi connectivity index (χ0v) is 13.0. The number of hydrogen-bond donors (Lipinski definition) is 2. The second-order valence-electron chi connectivity index (χ2n) is 4.69. The van der Waals surface area contributed by atoms with Crippen LogP contribution in [0.25, 0.3) is 0 Å². The molecule has 1 amide bonds. The Bertz CT molecular complexity index is 454. The number of ether oxygens (including phenoxy) is 1. The average Bonchev–Trinajstić information content (AvgIpc) is 2.40. The number of amides is 1. The Morgan fingerprint density at radius 2 is 2.10 bits per heavy atom. The molecule has 6 heteroatoms. The van der Waals surface area contributed by atoms with Gasteiger partial charge in [0.1, 0.15) is 5.75 Å². The van der Waals surface area contributed by atoms with Gasteiger partial charge in [-0.25, -0.2) is 0 Å². The molecule has 2 atom stereocenters. The first-order valence-electron chi connectivity index (χ1n) is 6.42. The van der Waals surface area contributed by atoms with E-state index < -0.39 is 0 Å². The van der Waals surface area contributed by atoms with Crippen LogP contribution in [0.4, 0.5) is 0 Å². The summed E-state index contributed by atoms with van der Waals surface area (Å²) < 4.78 is 5.43. The van der Waals surface area contributed by atoms with E-state index in [9.17, 15) is 4.79 Å². The van der Waals surface area contributed by atoms with Gasteiger partial charge >= 0.3 is 0 Å². The summed E-state index contributed by atoms with van der Waals surface area (Å²) in [7, 11) is 0. The zero-order valence-electron chi connectivity index (χ0n) is 11.5. The lowest BCUT2D eigenvalue weighted by atomic mass is 10.1. The van der Waals surface area contributed by atoms with Gasteiger partial charge in [-0.05, 0) is 31.0 Å². The second kappa shape index (κ2) is 8.35. The number of rotatable bonds is 7. The Kier molecular flexibility index (Phi) is 7.13. The van der Waals surface area contributed by atoms with Crippen molar-refractivity contribution in [3.63, 3.8) is 0 Å². The van der Waals surface area contributed by atoms with E-state index >= 15 is 0 Å². The third kappa shape index (κ3) is 5.57. The van der Waals surface area contributed by atoms with E-state index in [4.69, 9.17) is 33.0 Å². The number of benzene rings is 1. The van der Waals surface area contributed by atoms with Crippen molar-refractivity contribution in [1.82, 2.24) is 5.32 Å². The monoisotopic (exact) mass is 319 g/mol. The highest BCUT2D eigenvalue weighted by molar-refractivity contribution is 6.35. The summed E-state index contributed by atoms with van der Waals surface area (Å²) in [5.74, 6) is 0.397. The fourth-order valence-corrected chi connectivity index (χ4v) is 1.94. The first-order chi connectivity index (χ1) is 9.43. The molecule has 0 bridgehead atoms. The van der Waals surface area contributed by atoms with Crippen LogP contribution in [0, 0.1) is 5.92 Å². The van der Waals surface area contributed by atoms with Crippen LogP contribution < -0.4 is 10.1 Å². The molecule has 0 aliphatic rings. The molecule has 1 aromatic rings. The number of aliphatic hydroxyl groups is 1. The fraction of sp³-hybridized carbons (Fsp3) is 0.500. The van der Waals surface area contributed by atoms with Crippen molar-refractivity contribution in [3.8, 4) is 5.75 Å². The lowest BCUT2D eigenvalue weighted by Crippen LogP contribution is -2.38. The van der Waals surface area contributed by atoms with Gasteiger partial charge < -0.3 is 15.2 Å². The van der Waals surface area contributed by atoms with Gasteiger partial charge in [0.25, 0.3) is 0 Å². The molecule has 1 aromatic carbocycles. The highest BCUT2D eigenvalue weighted by Crippen LogP contribution is 2.27. The summed E-state index contributed by atoms with van der Waals surface area (Å²) in [5.41, 5.74) is 0. The molecule has 2 unspecified atom stereocenters. The van der Waals surface area contributed by atoms with Crippen LogP contribution in [0.15, 0.2) is 18.2 Å². The largest absolute Gasteiger partial charge is 0.491 e. The zero-order chi connectivity index (χ0) is 15.1. The molecule has 0 fully saturated rings. The number of halogens is 2. The SMILES string of the molecule is CC(CO)C(C)NC(=O)CCOc1ccc(Cl)cc1Cl. The lowest BCUT2D eigenvalue weighted by molar-refractivity contribution is -0.122. The number of nitrogens with one attached hydrogen (secondary N) is 1. The minimum Gasteiger partial charge on any atom is -0.491 e. The lowest BCUT2D eigenvalue weighted by Gasteiger charge is -2.19. The maximum absolute atomic E-state index is 11.7. The minimum atomic E-state index is -0.122. The third-order valence-corrected chi connectivity index (χ3v) is 3.54. The molecule has 0 aromatic heterocycles. The molecular weight excluding hydrogens is 301 g/mol. The van der Waals surface area contributed by atoms with E-state index in [1.807, 2.05) is 13.8 Å². The quantitative estimate of drug-likeness (QED) is 0.812. The predicted molar refractivity (Wildman–Crippen MR) is 80.4 cm³/mol. The van der Waals surface area contributed by atoms with Crippen molar-refractivity contribution in [2.45, 2.75) is 26.3 Å². The molecule has 0 saturated heterocycles. The summed E-state index contributed by atoms with van der Waals surface area (Å²) in [6.07, 6.45) is 0.224. The van der Waals surface area contributed by atoms with Gasteiger partial charge in [-0.2, -0.15) is 0 Å². The Labute approximate surface area is 129 Å². The highest BCUT2D eigenvalue weighted by atomic mass is 35.5. The van der Waals surface area contributed by atoms with Gasteiger partial charge in [0.2, 0.25) is 5.91 Å². The van der Waals surface area contributed by atoms with E-state index in [1.165, 1.54) is 0 Å². The van der Waals surface area contributed by atoms with Crippen molar-refractivity contribution < 1.29 is 14.6 Å². The van der Waals surface area contributed by atoms with Crippen molar-refractivity contribution in [2.75, 3.05) is 13.2 Å². The van der Waals surface area contributed by atoms with Crippen LogP contribution in [-0.2, 0) is 4.79 Å². The summed E-state index contributed by atoms with van der Waals surface area (Å²) in [6.45, 7) is 4.00. The maximum atomic E-state index is 11.7. The highest BCUT2D eigenvalue weighted by Gasteiger charge is 2.13. The minimum absolute atomic E-state index is 0.0191. The van der Waals surface area contributed by atoms with Crippen molar-refractivity contribution in [3.05, 3.63) is 28.2 Å². The molecule has 1 rings (SSSR count). The van der Waals surface area contributed by atoms with Gasteiger partial charge in [0, 0.05) is 17.7 Å². The van der Waals surface area contributed by atoms with Gasteiger partial charge in [-0.3, -0.25) is 4.79 Å². The molecule has 112 valence electrons. The van der Waals surface area contributed by atoms with Crippen LogP contribution >= 0.6 is 23.2 Å². The number of carbonyl (C=O) groups is 1. The van der Waals surface area contributed by atoms with E-state index in [1.54, 1.807) is 18.2 Å². The molecule has 2 N–H and O–H groups in total. The Morgan fingerprint density at radius 1 is 1.40 bits per heavy atom. The molecule has 0 heterocycles. The number of carbonyl (C=O) groups excluding carboxylic acids is 1. The summed E-state index contributed by atoms with van der Waals surface area (Å²) in [4.78, 5) is 11.7. The van der Waals surface area contributed by atoms with Gasteiger partial charge in [0.15, 0.2) is 0 Å². The first kappa shape index (κ1) is 17.1. The van der Waals surface area contributed by atoms with Crippen LogP contribution in [-0.4, -0.2) is 30.3 Å². The van der Waals surface area contributed by atoms with Crippen LogP contribution in [0.1, 0.15) is 20.3 Å². The van der Waals surface area contributed by atoms with Crippen LogP contribution in [0.2, 0.25) is 10.0 Å². The molecule has 4 nitrogen and oxygen atoms in total. The second-order valence-corrected chi connectivity index (χ2v) is 5.53.